The number of hydrogen-bond acceptors (Lipinski definition) is 4. The average Bonchev–Trinajstić information content (AvgIpc) is 2.91. The van der Waals surface area contributed by atoms with Gasteiger partial charge in [-0.15, -0.1) is 0 Å². The molecular formula is C15H13ClN2O4. The van der Waals surface area contributed by atoms with Crippen molar-refractivity contribution in [3.8, 4) is 0 Å². The summed E-state index contributed by atoms with van der Waals surface area (Å²) >= 11 is 5.88. The van der Waals surface area contributed by atoms with Gasteiger partial charge in [0, 0.05) is 17.7 Å². The van der Waals surface area contributed by atoms with E-state index in [9.17, 15) is 9.59 Å². The molecular weight excluding hydrogens is 308 g/mol. The summed E-state index contributed by atoms with van der Waals surface area (Å²) < 4.78 is 5.21. The van der Waals surface area contributed by atoms with E-state index in [1.165, 1.54) is 18.2 Å². The van der Waals surface area contributed by atoms with Gasteiger partial charge in [-0.1, -0.05) is 16.8 Å². The molecule has 0 radical (unpaired) electrons. The van der Waals surface area contributed by atoms with E-state index in [2.05, 4.69) is 10.5 Å². The molecule has 1 heterocycles. The van der Waals surface area contributed by atoms with Gasteiger partial charge in [0.2, 0.25) is 0 Å². The van der Waals surface area contributed by atoms with Crippen molar-refractivity contribution in [1.82, 2.24) is 5.16 Å². The van der Waals surface area contributed by atoms with Gasteiger partial charge >= 0.3 is 5.97 Å². The van der Waals surface area contributed by atoms with Crippen LogP contribution in [0.1, 0.15) is 45.0 Å². The van der Waals surface area contributed by atoms with Gasteiger partial charge in [0.15, 0.2) is 5.69 Å². The van der Waals surface area contributed by atoms with Crippen molar-refractivity contribution < 1.29 is 19.2 Å². The van der Waals surface area contributed by atoms with Gasteiger partial charge in [0.05, 0.1) is 10.6 Å². The summed E-state index contributed by atoms with van der Waals surface area (Å²) in [7, 11) is 0. The van der Waals surface area contributed by atoms with E-state index >= 15 is 0 Å². The third-order valence-electron chi connectivity index (χ3n) is 3.62. The van der Waals surface area contributed by atoms with Gasteiger partial charge < -0.3 is 14.9 Å². The van der Waals surface area contributed by atoms with Crippen LogP contribution in [-0.2, 0) is 12.8 Å². The molecule has 1 aromatic carbocycles. The number of nitrogens with one attached hydrogen (secondary N) is 1. The first-order chi connectivity index (χ1) is 10.6. The molecule has 0 aliphatic heterocycles. The summed E-state index contributed by atoms with van der Waals surface area (Å²) in [6.45, 7) is 0. The molecule has 0 fully saturated rings. The van der Waals surface area contributed by atoms with Gasteiger partial charge in [-0.05, 0) is 37.5 Å². The number of amides is 1. The smallest absolute Gasteiger partial charge is 0.337 e. The fourth-order valence-corrected chi connectivity index (χ4v) is 2.78. The number of aryl methyl sites for hydroxylation is 1. The molecule has 2 N–H and O–H groups in total. The largest absolute Gasteiger partial charge is 0.478 e. The lowest BCUT2D eigenvalue weighted by Gasteiger charge is -2.09. The van der Waals surface area contributed by atoms with Crippen LogP contribution < -0.4 is 5.32 Å². The number of fused-ring (bicyclic) bond motifs is 1. The highest BCUT2D eigenvalue weighted by Crippen LogP contribution is 2.26. The van der Waals surface area contributed by atoms with Crippen LogP contribution in [0.25, 0.3) is 0 Å². The van der Waals surface area contributed by atoms with Gasteiger partial charge in [0.1, 0.15) is 5.76 Å². The molecule has 0 spiro atoms. The monoisotopic (exact) mass is 320 g/mol. The Morgan fingerprint density at radius 2 is 2.05 bits per heavy atom. The van der Waals surface area contributed by atoms with Crippen LogP contribution in [0, 0.1) is 0 Å². The zero-order valence-electron chi connectivity index (χ0n) is 11.6. The second-order valence-corrected chi connectivity index (χ2v) is 5.50. The van der Waals surface area contributed by atoms with E-state index < -0.39 is 5.97 Å². The molecule has 0 saturated heterocycles. The van der Waals surface area contributed by atoms with Crippen molar-refractivity contribution in [3.05, 3.63) is 45.8 Å². The highest BCUT2D eigenvalue weighted by atomic mass is 35.5. The van der Waals surface area contributed by atoms with Crippen LogP contribution in [0.2, 0.25) is 5.02 Å². The third kappa shape index (κ3) is 2.69. The molecule has 22 heavy (non-hydrogen) atoms. The van der Waals surface area contributed by atoms with Crippen LogP contribution in [0.4, 0.5) is 5.69 Å². The lowest BCUT2D eigenvalue weighted by atomic mass is 9.96. The molecule has 1 aliphatic rings. The number of halogens is 1. The van der Waals surface area contributed by atoms with Gasteiger partial charge in [0.25, 0.3) is 5.91 Å². The Hall–Kier alpha value is -2.34. The summed E-state index contributed by atoms with van der Waals surface area (Å²) in [5.74, 6) is -0.727. The third-order valence-corrected chi connectivity index (χ3v) is 3.94. The van der Waals surface area contributed by atoms with Gasteiger partial charge in [-0.3, -0.25) is 4.79 Å². The number of benzene rings is 1. The minimum absolute atomic E-state index is 0.0153. The number of carbonyl (C=O) groups is 2. The molecule has 0 bridgehead atoms. The first kappa shape index (κ1) is 14.6. The van der Waals surface area contributed by atoms with Crippen molar-refractivity contribution in [2.24, 2.45) is 0 Å². The van der Waals surface area contributed by atoms with Crippen molar-refractivity contribution in [3.63, 3.8) is 0 Å². The Morgan fingerprint density at radius 3 is 2.77 bits per heavy atom. The maximum Gasteiger partial charge on any atom is 0.337 e. The lowest BCUT2D eigenvalue weighted by Crippen LogP contribution is -2.15. The predicted molar refractivity (Wildman–Crippen MR) is 79.5 cm³/mol. The Morgan fingerprint density at radius 1 is 1.27 bits per heavy atom. The van der Waals surface area contributed by atoms with E-state index in [0.29, 0.717) is 5.69 Å². The molecule has 3 rings (SSSR count). The van der Waals surface area contributed by atoms with Crippen LogP contribution in [0.3, 0.4) is 0 Å². The van der Waals surface area contributed by atoms with Gasteiger partial charge in [-0.2, -0.15) is 0 Å². The molecule has 0 saturated carbocycles. The molecule has 6 nitrogen and oxygen atoms in total. The minimum atomic E-state index is -1.12. The van der Waals surface area contributed by atoms with Crippen molar-refractivity contribution in [2.75, 3.05) is 5.32 Å². The summed E-state index contributed by atoms with van der Waals surface area (Å²) in [5.41, 5.74) is 1.54. The fraction of sp³-hybridized carbons (Fsp3) is 0.267. The molecule has 0 unspecified atom stereocenters. The molecule has 1 aromatic heterocycles. The number of aromatic carboxylic acids is 1. The first-order valence-electron chi connectivity index (χ1n) is 6.88. The number of rotatable bonds is 3. The average molecular weight is 321 g/mol. The van der Waals surface area contributed by atoms with Crippen LogP contribution in [0.15, 0.2) is 22.7 Å². The Bertz CT molecular complexity index is 754. The summed E-state index contributed by atoms with van der Waals surface area (Å²) in [5, 5.41) is 15.5. The number of anilines is 1. The van der Waals surface area contributed by atoms with Crippen LogP contribution in [0.5, 0.6) is 0 Å². The van der Waals surface area contributed by atoms with Gasteiger partial charge in [-0.25, -0.2) is 4.79 Å². The maximum atomic E-state index is 12.3. The fourth-order valence-electron chi connectivity index (χ4n) is 2.52. The zero-order chi connectivity index (χ0) is 15.7. The predicted octanol–water partition coefficient (Wildman–Crippen LogP) is 3.16. The van der Waals surface area contributed by atoms with Crippen molar-refractivity contribution in [2.45, 2.75) is 25.7 Å². The number of carboxylic acids is 1. The van der Waals surface area contributed by atoms with E-state index in [1.54, 1.807) is 0 Å². The Kier molecular flexibility index (Phi) is 3.85. The lowest BCUT2D eigenvalue weighted by molar-refractivity contribution is 0.0697. The van der Waals surface area contributed by atoms with Crippen molar-refractivity contribution >= 4 is 29.2 Å². The zero-order valence-corrected chi connectivity index (χ0v) is 12.3. The number of hydrogen-bond donors (Lipinski definition) is 2. The Labute approximate surface area is 131 Å². The number of aromatic nitrogens is 1. The highest BCUT2D eigenvalue weighted by Gasteiger charge is 2.24. The summed E-state index contributed by atoms with van der Waals surface area (Å²) in [6.07, 6.45) is 3.62. The highest BCUT2D eigenvalue weighted by molar-refractivity contribution is 6.33. The molecule has 2 aromatic rings. The second kappa shape index (κ2) is 5.81. The topological polar surface area (TPSA) is 92.4 Å². The molecule has 1 aliphatic carbocycles. The van der Waals surface area contributed by atoms with E-state index in [1.807, 2.05) is 0 Å². The second-order valence-electron chi connectivity index (χ2n) is 5.09. The molecule has 114 valence electrons. The standard InChI is InChI=1S/C15H13ClN2O4/c16-11-7-8(5-6-9(11)15(20)21)17-14(19)13-10-3-1-2-4-12(10)22-18-13/h5-7H,1-4H2,(H,17,19)(H,20,21). The van der Waals surface area contributed by atoms with Crippen LogP contribution in [-0.4, -0.2) is 22.1 Å². The summed E-state index contributed by atoms with van der Waals surface area (Å²) in [6, 6.07) is 4.23. The SMILES string of the molecule is O=C(O)c1ccc(NC(=O)c2noc3c2CCCC3)cc1Cl. The normalized spacial score (nSPS) is 13.5. The van der Waals surface area contributed by atoms with E-state index in [0.717, 1.165) is 37.0 Å². The summed E-state index contributed by atoms with van der Waals surface area (Å²) in [4.78, 5) is 23.2. The minimum Gasteiger partial charge on any atom is -0.478 e. The van der Waals surface area contributed by atoms with E-state index in [4.69, 9.17) is 21.2 Å². The molecule has 1 amide bonds. The maximum absolute atomic E-state index is 12.3. The molecule has 0 atom stereocenters. The number of nitrogens with zero attached hydrogens (tertiary/aromatic N) is 1. The first-order valence-corrected chi connectivity index (χ1v) is 7.25. The van der Waals surface area contributed by atoms with E-state index in [-0.39, 0.29) is 22.2 Å². The quantitative estimate of drug-likeness (QED) is 0.906. The number of carbonyl (C=O) groups excluding carboxylic acids is 1. The van der Waals surface area contributed by atoms with Crippen molar-refractivity contribution in [1.29, 1.82) is 0 Å². The van der Waals surface area contributed by atoms with Crippen LogP contribution >= 0.6 is 11.6 Å². The molecule has 7 heteroatoms. The number of carboxylic acid groups (broad SMARTS) is 1. The Balaban J connectivity index is 1.81.